The van der Waals surface area contributed by atoms with E-state index in [1.54, 1.807) is 6.08 Å². The van der Waals surface area contributed by atoms with Crippen molar-refractivity contribution in [3.8, 4) is 0 Å². The smallest absolute Gasteiger partial charge is 0.121 e. The molecule has 1 saturated carbocycles. The van der Waals surface area contributed by atoms with Gasteiger partial charge in [0.1, 0.15) is 5.83 Å². The van der Waals surface area contributed by atoms with Crippen LogP contribution in [0.15, 0.2) is 47.8 Å². The van der Waals surface area contributed by atoms with Gasteiger partial charge in [0, 0.05) is 34.1 Å². The quantitative estimate of drug-likeness (QED) is 0.283. The topological polar surface area (TPSA) is 54.8 Å². The summed E-state index contributed by atoms with van der Waals surface area (Å²) >= 11 is 0. The Hall–Kier alpha value is -2.62. The molecule has 31 heavy (non-hydrogen) atoms. The molecule has 1 unspecified atom stereocenters. The highest BCUT2D eigenvalue weighted by Gasteiger charge is 2.36. The molecule has 0 amide bonds. The Balaban J connectivity index is 1.91. The fourth-order valence-electron chi connectivity index (χ4n) is 5.57. The highest BCUT2D eigenvalue weighted by Crippen LogP contribution is 2.51. The van der Waals surface area contributed by atoms with E-state index in [2.05, 4.69) is 50.1 Å². The Morgan fingerprint density at radius 2 is 2.06 bits per heavy atom. The number of nitrogen functional groups attached to an aromatic ring is 1. The average molecular weight is 420 g/mol. The summed E-state index contributed by atoms with van der Waals surface area (Å²) in [6.45, 7) is 12.5. The van der Waals surface area contributed by atoms with Crippen molar-refractivity contribution in [2.75, 3.05) is 5.73 Å². The first kappa shape index (κ1) is 21.6. The van der Waals surface area contributed by atoms with Gasteiger partial charge in [0.2, 0.25) is 0 Å². The molecule has 2 aliphatic carbocycles. The average Bonchev–Trinajstić information content (AvgIpc) is 2.99. The first-order valence-electron chi connectivity index (χ1n) is 11.4. The summed E-state index contributed by atoms with van der Waals surface area (Å²) in [5.74, 6) is 1.42. The normalized spacial score (nSPS) is 23.5. The predicted octanol–water partition coefficient (Wildman–Crippen LogP) is 7.55. The molecule has 0 aliphatic heterocycles. The summed E-state index contributed by atoms with van der Waals surface area (Å²) in [6.07, 6.45) is 9.17. The third-order valence-electron chi connectivity index (χ3n) is 6.96. The van der Waals surface area contributed by atoms with Crippen LogP contribution in [0.25, 0.3) is 10.9 Å². The second kappa shape index (κ2) is 8.14. The minimum Gasteiger partial charge on any atom is -0.398 e. The number of anilines is 1. The molecule has 1 aromatic carbocycles. The van der Waals surface area contributed by atoms with Gasteiger partial charge in [-0.3, -0.25) is 0 Å². The summed E-state index contributed by atoms with van der Waals surface area (Å²) in [4.78, 5) is 0. The molecule has 4 rings (SSSR count). The van der Waals surface area contributed by atoms with E-state index < -0.39 is 0 Å². The standard InChI is InChI=1S/C27H34FN3/c1-15(2)8-18-10-19(11-18)26-22-13-24(30)20(14-29)12-25(22)31(27(26)16(3)4)21-6-7-23(28)17(5)9-21/h7,9,12-14,16,18-19,21,29H,1,6,8,10-11,30H2,2-5H3. The molecule has 1 aromatic heterocycles. The molecule has 0 bridgehead atoms. The SMILES string of the molecule is C=C(C)CC1CC(c2c(C(C)C)n(C3C=C(C)C(F)=CC3)c3cc(C=N)c(N)cc23)C1. The van der Waals surface area contributed by atoms with Gasteiger partial charge < -0.3 is 15.7 Å². The summed E-state index contributed by atoms with van der Waals surface area (Å²) in [7, 11) is 0. The minimum absolute atomic E-state index is 0.0710. The molecule has 2 aromatic rings. The molecule has 0 radical (unpaired) electrons. The van der Waals surface area contributed by atoms with E-state index in [1.807, 2.05) is 6.92 Å². The number of benzene rings is 1. The number of hydrogen-bond acceptors (Lipinski definition) is 2. The van der Waals surface area contributed by atoms with Gasteiger partial charge in [0.25, 0.3) is 0 Å². The number of hydrogen-bond donors (Lipinski definition) is 2. The third-order valence-corrected chi connectivity index (χ3v) is 6.96. The third kappa shape index (κ3) is 3.77. The van der Waals surface area contributed by atoms with Crippen LogP contribution in [0.1, 0.15) is 88.1 Å². The Kier molecular flexibility index (Phi) is 5.67. The van der Waals surface area contributed by atoms with Gasteiger partial charge in [-0.25, -0.2) is 4.39 Å². The van der Waals surface area contributed by atoms with Crippen LogP contribution in [0.2, 0.25) is 0 Å². The molecule has 1 heterocycles. The predicted molar refractivity (Wildman–Crippen MR) is 130 cm³/mol. The van der Waals surface area contributed by atoms with Crippen molar-refractivity contribution in [3.63, 3.8) is 0 Å². The minimum atomic E-state index is -0.120. The van der Waals surface area contributed by atoms with Crippen LogP contribution in [0.5, 0.6) is 0 Å². The van der Waals surface area contributed by atoms with E-state index in [9.17, 15) is 4.39 Å². The van der Waals surface area contributed by atoms with Gasteiger partial charge in [-0.1, -0.05) is 25.5 Å². The van der Waals surface area contributed by atoms with Gasteiger partial charge in [-0.2, -0.15) is 0 Å². The van der Waals surface area contributed by atoms with Crippen molar-refractivity contribution >= 4 is 22.8 Å². The molecule has 3 nitrogen and oxygen atoms in total. The molecule has 1 fully saturated rings. The number of fused-ring (bicyclic) bond motifs is 1. The molecule has 1 atom stereocenters. The van der Waals surface area contributed by atoms with Crippen molar-refractivity contribution in [3.05, 3.63) is 64.7 Å². The molecular formula is C27H34FN3. The lowest BCUT2D eigenvalue weighted by Gasteiger charge is -2.37. The van der Waals surface area contributed by atoms with Gasteiger partial charge >= 0.3 is 0 Å². The van der Waals surface area contributed by atoms with Crippen molar-refractivity contribution in [1.29, 1.82) is 5.41 Å². The second-order valence-corrected chi connectivity index (χ2v) is 9.87. The molecular weight excluding hydrogens is 385 g/mol. The van der Waals surface area contributed by atoms with Crippen molar-refractivity contribution in [2.24, 2.45) is 5.92 Å². The lowest BCUT2D eigenvalue weighted by Crippen LogP contribution is -2.24. The fraction of sp³-hybridized carbons (Fsp3) is 0.444. The highest BCUT2D eigenvalue weighted by molar-refractivity contribution is 5.97. The first-order chi connectivity index (χ1) is 14.7. The van der Waals surface area contributed by atoms with Crippen LogP contribution >= 0.6 is 0 Å². The number of aromatic nitrogens is 1. The second-order valence-electron chi connectivity index (χ2n) is 9.87. The zero-order chi connectivity index (χ0) is 22.4. The van der Waals surface area contributed by atoms with Crippen molar-refractivity contribution < 1.29 is 4.39 Å². The maximum Gasteiger partial charge on any atom is 0.121 e. The summed E-state index contributed by atoms with van der Waals surface area (Å²) in [5.41, 5.74) is 13.5. The van der Waals surface area contributed by atoms with E-state index in [4.69, 9.17) is 11.1 Å². The molecule has 3 N–H and O–H groups in total. The van der Waals surface area contributed by atoms with E-state index >= 15 is 0 Å². The summed E-state index contributed by atoms with van der Waals surface area (Å²) in [6, 6.07) is 4.19. The first-order valence-corrected chi connectivity index (χ1v) is 11.4. The van der Waals surface area contributed by atoms with E-state index in [-0.39, 0.29) is 11.9 Å². The van der Waals surface area contributed by atoms with Crippen LogP contribution in [0.4, 0.5) is 10.1 Å². The molecule has 2 aliphatic rings. The van der Waals surface area contributed by atoms with Crippen LogP contribution in [-0.4, -0.2) is 10.8 Å². The zero-order valence-corrected chi connectivity index (χ0v) is 19.1. The Morgan fingerprint density at radius 1 is 1.35 bits per heavy atom. The van der Waals surface area contributed by atoms with Crippen LogP contribution in [-0.2, 0) is 0 Å². The van der Waals surface area contributed by atoms with Crippen LogP contribution in [0, 0.1) is 11.3 Å². The highest BCUT2D eigenvalue weighted by atomic mass is 19.1. The van der Waals surface area contributed by atoms with Crippen LogP contribution < -0.4 is 5.73 Å². The number of allylic oxidation sites excluding steroid dienone is 5. The Labute approximate surface area is 185 Å². The van der Waals surface area contributed by atoms with Crippen molar-refractivity contribution in [2.45, 2.75) is 71.3 Å². The van der Waals surface area contributed by atoms with Crippen LogP contribution in [0.3, 0.4) is 0 Å². The maximum atomic E-state index is 14.1. The Morgan fingerprint density at radius 3 is 2.65 bits per heavy atom. The van der Waals surface area contributed by atoms with E-state index in [1.165, 1.54) is 41.3 Å². The molecule has 164 valence electrons. The summed E-state index contributed by atoms with van der Waals surface area (Å²) in [5, 5.41) is 9.01. The Bertz CT molecular complexity index is 1110. The lowest BCUT2D eigenvalue weighted by atomic mass is 9.68. The van der Waals surface area contributed by atoms with E-state index in [0.717, 1.165) is 17.5 Å². The maximum absolute atomic E-state index is 14.1. The van der Waals surface area contributed by atoms with Gasteiger partial charge in [0.05, 0.1) is 6.04 Å². The summed E-state index contributed by atoms with van der Waals surface area (Å²) < 4.78 is 16.5. The largest absolute Gasteiger partial charge is 0.398 e. The number of halogens is 1. The lowest BCUT2D eigenvalue weighted by molar-refractivity contribution is 0.261. The van der Waals surface area contributed by atoms with Gasteiger partial charge in [-0.15, -0.1) is 6.58 Å². The fourth-order valence-corrected chi connectivity index (χ4v) is 5.57. The number of nitrogens with two attached hydrogens (primary N) is 1. The molecule has 0 saturated heterocycles. The molecule has 4 heteroatoms. The number of rotatable bonds is 6. The monoisotopic (exact) mass is 419 g/mol. The number of nitrogens with zero attached hydrogens (tertiary/aromatic N) is 1. The number of nitrogens with one attached hydrogen (secondary N) is 1. The van der Waals surface area contributed by atoms with Gasteiger partial charge in [0.15, 0.2) is 0 Å². The zero-order valence-electron chi connectivity index (χ0n) is 19.1. The van der Waals surface area contributed by atoms with Gasteiger partial charge in [-0.05, 0) is 86.6 Å². The molecule has 0 spiro atoms. The van der Waals surface area contributed by atoms with Crippen molar-refractivity contribution in [1.82, 2.24) is 4.57 Å². The van der Waals surface area contributed by atoms with E-state index in [0.29, 0.717) is 35.4 Å².